The van der Waals surface area contributed by atoms with E-state index in [4.69, 9.17) is 4.74 Å². The zero-order valence-corrected chi connectivity index (χ0v) is 10.3. The van der Waals surface area contributed by atoms with Gasteiger partial charge in [0.05, 0.1) is 12.1 Å². The highest BCUT2D eigenvalue weighted by Crippen LogP contribution is 2.21. The average molecular weight is 268 g/mol. The van der Waals surface area contributed by atoms with E-state index in [1.54, 1.807) is 7.11 Å². The van der Waals surface area contributed by atoms with E-state index < -0.39 is 12.6 Å². The minimum atomic E-state index is -4.11. The van der Waals surface area contributed by atoms with E-state index in [1.165, 1.54) is 0 Å². The summed E-state index contributed by atoms with van der Waals surface area (Å²) < 4.78 is 40.7. The summed E-state index contributed by atoms with van der Waals surface area (Å²) in [6.07, 6.45) is -3.89. The first-order valence-corrected chi connectivity index (χ1v) is 6.03. The first kappa shape index (κ1) is 15.2. The van der Waals surface area contributed by atoms with Crippen molar-refractivity contribution in [1.82, 2.24) is 10.6 Å². The van der Waals surface area contributed by atoms with Gasteiger partial charge in [0, 0.05) is 26.6 Å². The minimum Gasteiger partial charge on any atom is -0.380 e. The van der Waals surface area contributed by atoms with Crippen LogP contribution in [-0.4, -0.2) is 44.4 Å². The fourth-order valence-electron chi connectivity index (χ4n) is 1.87. The number of hydrogen-bond acceptors (Lipinski definition) is 3. The number of rotatable bonds is 6. The number of methoxy groups -OCH3 is 1. The van der Waals surface area contributed by atoms with Gasteiger partial charge in [-0.25, -0.2) is 0 Å². The summed E-state index contributed by atoms with van der Waals surface area (Å²) in [6, 6.07) is -0.294. The molecule has 7 heteroatoms. The molecule has 0 radical (unpaired) electrons. The molecule has 0 aromatic rings. The van der Waals surface area contributed by atoms with Gasteiger partial charge in [0.1, 0.15) is 0 Å². The van der Waals surface area contributed by atoms with Gasteiger partial charge in [0.2, 0.25) is 5.91 Å². The Balaban J connectivity index is 2.07. The predicted octanol–water partition coefficient (Wildman–Crippen LogP) is 1.21. The van der Waals surface area contributed by atoms with E-state index in [2.05, 4.69) is 10.6 Å². The van der Waals surface area contributed by atoms with Gasteiger partial charge in [-0.3, -0.25) is 4.79 Å². The number of carbonyl (C=O) groups is 1. The van der Waals surface area contributed by atoms with Crippen LogP contribution in [0.2, 0.25) is 0 Å². The van der Waals surface area contributed by atoms with Crippen molar-refractivity contribution in [1.29, 1.82) is 0 Å². The maximum absolute atomic E-state index is 11.9. The third kappa shape index (κ3) is 5.68. The van der Waals surface area contributed by atoms with Gasteiger partial charge < -0.3 is 15.4 Å². The molecule has 0 aromatic heterocycles. The molecule has 106 valence electrons. The van der Waals surface area contributed by atoms with Gasteiger partial charge in [-0.2, -0.15) is 13.2 Å². The van der Waals surface area contributed by atoms with E-state index in [9.17, 15) is 18.0 Å². The van der Waals surface area contributed by atoms with E-state index >= 15 is 0 Å². The topological polar surface area (TPSA) is 50.4 Å². The van der Waals surface area contributed by atoms with Crippen LogP contribution in [0.4, 0.5) is 13.2 Å². The molecule has 0 aliphatic carbocycles. The van der Waals surface area contributed by atoms with Gasteiger partial charge in [-0.05, 0) is 19.3 Å². The molecule has 0 aromatic carbocycles. The third-order valence-corrected chi connectivity index (χ3v) is 2.93. The highest BCUT2D eigenvalue weighted by Gasteiger charge is 2.29. The second-order valence-electron chi connectivity index (χ2n) is 4.42. The second kappa shape index (κ2) is 6.94. The molecule has 1 fully saturated rings. The lowest BCUT2D eigenvalue weighted by molar-refractivity contribution is -0.135. The van der Waals surface area contributed by atoms with Crippen molar-refractivity contribution in [3.8, 4) is 0 Å². The van der Waals surface area contributed by atoms with Crippen molar-refractivity contribution < 1.29 is 22.7 Å². The van der Waals surface area contributed by atoms with Crippen molar-refractivity contribution in [2.45, 2.75) is 44.0 Å². The third-order valence-electron chi connectivity index (χ3n) is 2.93. The molecule has 1 rings (SSSR count). The minimum absolute atomic E-state index is 0.0333. The molecular weight excluding hydrogens is 249 g/mol. The Morgan fingerprint density at radius 2 is 2.17 bits per heavy atom. The molecule has 2 atom stereocenters. The van der Waals surface area contributed by atoms with Crippen LogP contribution in [0.5, 0.6) is 0 Å². The number of carbonyl (C=O) groups excluding carboxylic acids is 1. The largest absolute Gasteiger partial charge is 0.389 e. The number of alkyl halides is 3. The summed E-state index contributed by atoms with van der Waals surface area (Å²) in [5, 5.41) is 5.64. The average Bonchev–Trinajstić information content (AvgIpc) is 2.75. The fourth-order valence-corrected chi connectivity index (χ4v) is 1.87. The highest BCUT2D eigenvalue weighted by atomic mass is 19.4. The van der Waals surface area contributed by atoms with Crippen LogP contribution in [0.25, 0.3) is 0 Å². The Bertz CT molecular complexity index is 272. The number of nitrogens with one attached hydrogen (secondary N) is 2. The highest BCUT2D eigenvalue weighted by molar-refractivity contribution is 5.82. The molecule has 2 N–H and O–H groups in total. The molecule has 1 aliphatic heterocycles. The maximum atomic E-state index is 11.9. The maximum Gasteiger partial charge on any atom is 0.389 e. The Kier molecular flexibility index (Phi) is 5.87. The first-order valence-electron chi connectivity index (χ1n) is 6.03. The molecule has 18 heavy (non-hydrogen) atoms. The molecule has 1 heterocycles. The second-order valence-corrected chi connectivity index (χ2v) is 4.42. The van der Waals surface area contributed by atoms with Gasteiger partial charge in [0.25, 0.3) is 0 Å². The summed E-state index contributed by atoms with van der Waals surface area (Å²) >= 11 is 0. The van der Waals surface area contributed by atoms with Crippen LogP contribution in [0, 0.1) is 0 Å². The Labute approximate surface area is 104 Å². The van der Waals surface area contributed by atoms with Gasteiger partial charge >= 0.3 is 6.18 Å². The molecule has 1 amide bonds. The molecular formula is C11H19F3N2O2. The summed E-state index contributed by atoms with van der Waals surface area (Å²) in [7, 11) is 1.59. The molecule has 1 saturated heterocycles. The van der Waals surface area contributed by atoms with Gasteiger partial charge in [-0.15, -0.1) is 0 Å². The molecule has 0 saturated carbocycles. The number of halogens is 3. The van der Waals surface area contributed by atoms with Crippen LogP contribution in [0.15, 0.2) is 0 Å². The van der Waals surface area contributed by atoms with Crippen molar-refractivity contribution in [2.75, 3.05) is 20.2 Å². The fraction of sp³-hybridized carbons (Fsp3) is 0.909. The molecule has 0 spiro atoms. The van der Waals surface area contributed by atoms with E-state index in [-0.39, 0.29) is 31.0 Å². The lowest BCUT2D eigenvalue weighted by Crippen LogP contribution is -2.40. The summed E-state index contributed by atoms with van der Waals surface area (Å²) in [4.78, 5) is 11.6. The SMILES string of the molecule is COC1CNC(C(=O)NCCCCC(F)(F)F)C1. The summed E-state index contributed by atoms with van der Waals surface area (Å²) in [5.74, 6) is -0.165. The van der Waals surface area contributed by atoms with Crippen molar-refractivity contribution in [3.63, 3.8) is 0 Å². The lowest BCUT2D eigenvalue weighted by Gasteiger charge is -2.11. The zero-order chi connectivity index (χ0) is 13.6. The predicted molar refractivity (Wildman–Crippen MR) is 60.1 cm³/mol. The molecule has 0 bridgehead atoms. The van der Waals surface area contributed by atoms with E-state index in [0.29, 0.717) is 19.4 Å². The standard InChI is InChI=1S/C11H19F3N2O2/c1-18-8-6-9(16-7-8)10(17)15-5-3-2-4-11(12,13)14/h8-9,16H,2-7H2,1H3,(H,15,17). The van der Waals surface area contributed by atoms with Crippen molar-refractivity contribution >= 4 is 5.91 Å². The normalized spacial score (nSPS) is 24.2. The lowest BCUT2D eigenvalue weighted by atomic mass is 10.2. The number of unbranched alkanes of at least 4 members (excludes halogenated alkanes) is 1. The Morgan fingerprint density at radius 3 is 2.72 bits per heavy atom. The van der Waals surface area contributed by atoms with E-state index in [1.807, 2.05) is 0 Å². The van der Waals surface area contributed by atoms with Crippen molar-refractivity contribution in [3.05, 3.63) is 0 Å². The van der Waals surface area contributed by atoms with Crippen LogP contribution in [0.3, 0.4) is 0 Å². The quantitative estimate of drug-likeness (QED) is 0.712. The monoisotopic (exact) mass is 268 g/mol. The number of hydrogen-bond donors (Lipinski definition) is 2. The van der Waals surface area contributed by atoms with Gasteiger partial charge in [0.15, 0.2) is 0 Å². The van der Waals surface area contributed by atoms with Crippen LogP contribution >= 0.6 is 0 Å². The summed E-state index contributed by atoms with van der Waals surface area (Å²) in [5.41, 5.74) is 0. The number of amides is 1. The molecule has 4 nitrogen and oxygen atoms in total. The van der Waals surface area contributed by atoms with Crippen LogP contribution in [-0.2, 0) is 9.53 Å². The van der Waals surface area contributed by atoms with Crippen LogP contribution in [0.1, 0.15) is 25.7 Å². The number of ether oxygens (including phenoxy) is 1. The molecule has 2 unspecified atom stereocenters. The van der Waals surface area contributed by atoms with Crippen LogP contribution < -0.4 is 10.6 Å². The first-order chi connectivity index (χ1) is 8.42. The van der Waals surface area contributed by atoms with Crippen molar-refractivity contribution in [2.24, 2.45) is 0 Å². The zero-order valence-electron chi connectivity index (χ0n) is 10.3. The van der Waals surface area contributed by atoms with E-state index in [0.717, 1.165) is 0 Å². The smallest absolute Gasteiger partial charge is 0.380 e. The summed E-state index contributed by atoms with van der Waals surface area (Å²) in [6.45, 7) is 0.910. The Morgan fingerprint density at radius 1 is 1.44 bits per heavy atom. The molecule has 1 aliphatic rings. The van der Waals surface area contributed by atoms with Gasteiger partial charge in [-0.1, -0.05) is 0 Å². The Hall–Kier alpha value is -0.820.